The second-order valence-electron chi connectivity index (χ2n) is 17.9. The van der Waals surface area contributed by atoms with Crippen LogP contribution in [0.4, 0.5) is 0 Å². The number of carbonyl (C=O) groups excluding carboxylic acids is 1. The van der Waals surface area contributed by atoms with Gasteiger partial charge in [-0.05, 0) is 96.8 Å². The minimum atomic E-state index is -4.68. The molecule has 0 saturated heterocycles. The molecule has 364 valence electrons. The molecule has 0 radical (unpaired) electrons. The summed E-state index contributed by atoms with van der Waals surface area (Å²) >= 11 is 0. The lowest BCUT2D eigenvalue weighted by molar-refractivity contribution is -0.870. The third kappa shape index (κ3) is 44.6. The molecule has 4 atom stereocenters. The summed E-state index contributed by atoms with van der Waals surface area (Å²) in [5.41, 5.74) is 0. The number of carbonyl (C=O) groups is 1. The van der Waals surface area contributed by atoms with Crippen LogP contribution in [0.2, 0.25) is 0 Å². The van der Waals surface area contributed by atoms with E-state index in [4.69, 9.17) is 9.05 Å². The van der Waals surface area contributed by atoms with Crippen LogP contribution < -0.4 is 10.2 Å². The van der Waals surface area contributed by atoms with Gasteiger partial charge in [-0.3, -0.25) is 9.36 Å². The number of aliphatic hydroxyl groups excluding tert-OH is 2. The van der Waals surface area contributed by atoms with Crippen molar-refractivity contribution in [3.8, 4) is 0 Å². The number of likely N-dealkylation sites (N-methyl/N-ethyl adjacent to an activating group) is 1. The van der Waals surface area contributed by atoms with Gasteiger partial charge in [0.1, 0.15) is 19.3 Å². The molecule has 63 heavy (non-hydrogen) atoms. The summed E-state index contributed by atoms with van der Waals surface area (Å²) < 4.78 is 23.2. The average Bonchev–Trinajstić information content (AvgIpc) is 3.24. The number of unbranched alkanes of at least 4 members (excludes halogenated alkanes) is 17. The molecule has 0 saturated carbocycles. The average molecular weight is 903 g/mol. The molecule has 0 fully saturated rings. The lowest BCUT2D eigenvalue weighted by atomic mass is 10.0. The monoisotopic (exact) mass is 903 g/mol. The molecule has 1 amide bonds. The van der Waals surface area contributed by atoms with Gasteiger partial charge in [-0.25, -0.2) is 0 Å². The number of allylic oxidation sites excluding steroid dienone is 14. The molecule has 10 heteroatoms. The summed E-state index contributed by atoms with van der Waals surface area (Å²) in [4.78, 5) is 25.4. The molecule has 0 aromatic heterocycles. The summed E-state index contributed by atoms with van der Waals surface area (Å²) in [7, 11) is 1.08. The van der Waals surface area contributed by atoms with E-state index in [1.54, 1.807) is 0 Å². The second-order valence-corrected chi connectivity index (χ2v) is 19.3. The van der Waals surface area contributed by atoms with E-state index in [-0.39, 0.29) is 18.9 Å². The van der Waals surface area contributed by atoms with Gasteiger partial charge in [0.15, 0.2) is 0 Å². The van der Waals surface area contributed by atoms with Gasteiger partial charge in [-0.2, -0.15) is 0 Å². The molecule has 0 aromatic rings. The van der Waals surface area contributed by atoms with E-state index in [2.05, 4.69) is 97.3 Å². The molecular weight excluding hydrogens is 808 g/mol. The Morgan fingerprint density at radius 1 is 0.603 bits per heavy atom. The molecule has 3 N–H and O–H groups in total. The van der Waals surface area contributed by atoms with Crippen molar-refractivity contribution in [2.75, 3.05) is 40.9 Å². The molecule has 0 rings (SSSR count). The van der Waals surface area contributed by atoms with E-state index in [1.807, 2.05) is 28.1 Å². The number of phosphoric ester groups is 1. The van der Waals surface area contributed by atoms with Crippen LogP contribution in [0.3, 0.4) is 0 Å². The topological polar surface area (TPSA) is 128 Å². The first-order valence-electron chi connectivity index (χ1n) is 25.0. The quantitative estimate of drug-likeness (QED) is 0.0240. The Labute approximate surface area is 387 Å². The lowest BCUT2D eigenvalue weighted by Crippen LogP contribution is -2.51. The van der Waals surface area contributed by atoms with Gasteiger partial charge in [-0.15, -0.1) is 0 Å². The van der Waals surface area contributed by atoms with Crippen LogP contribution in [0, 0.1) is 0 Å². The predicted octanol–water partition coefficient (Wildman–Crippen LogP) is 12.9. The Kier molecular flexibility index (Phi) is 41.9. The molecule has 0 heterocycles. The van der Waals surface area contributed by atoms with E-state index >= 15 is 0 Å². The SMILES string of the molecule is C/C=C/CC/C=C/CC/C=C/CCCC(O)C(O)C(COP(=O)([O-])OCC[N+](C)(C)C)NC(=O)CCCCCCCCCCCCCCCC/C=C\C/C=C\C/C=C\C/C=C\CC. The van der Waals surface area contributed by atoms with Crippen LogP contribution in [-0.4, -0.2) is 79.8 Å². The van der Waals surface area contributed by atoms with Gasteiger partial charge in [0.2, 0.25) is 5.91 Å². The van der Waals surface area contributed by atoms with Crippen molar-refractivity contribution in [2.45, 2.75) is 205 Å². The summed E-state index contributed by atoms with van der Waals surface area (Å²) in [6, 6.07) is -1.10. The van der Waals surface area contributed by atoms with Crippen LogP contribution in [0.15, 0.2) is 85.1 Å². The van der Waals surface area contributed by atoms with Crippen LogP contribution in [-0.2, 0) is 18.4 Å². The van der Waals surface area contributed by atoms with Crippen molar-refractivity contribution in [1.82, 2.24) is 5.32 Å². The Balaban J connectivity index is 4.29. The fourth-order valence-electron chi connectivity index (χ4n) is 6.81. The van der Waals surface area contributed by atoms with E-state index in [0.717, 1.165) is 77.0 Å². The number of hydrogen-bond acceptors (Lipinski definition) is 7. The largest absolute Gasteiger partial charge is 0.756 e. The molecule has 0 aliphatic rings. The normalized spacial score (nSPS) is 15.4. The van der Waals surface area contributed by atoms with Crippen molar-refractivity contribution in [2.24, 2.45) is 0 Å². The third-order valence-electron chi connectivity index (χ3n) is 10.8. The summed E-state index contributed by atoms with van der Waals surface area (Å²) in [6.45, 7) is 4.07. The standard InChI is InChI=1S/C53H95N2O7P/c1-6-8-10-12-14-16-18-20-21-22-23-24-25-26-27-28-29-30-31-32-33-34-36-38-40-42-44-46-52(57)54-50(49-62-63(59,60)61-48-47-55(3,4)5)53(58)51(56)45-43-41-39-37-35-19-17-15-13-11-9-7-2/h7-10,14-17,20-21,23-24,37,39,50-51,53,56,58H,6,11-13,18-19,22,25-36,38,40-49H2,1-5H3,(H-,54,57,59,60)/b9-7+,10-8-,16-14-,17-15+,21-20-,24-23-,39-37+. The smallest absolute Gasteiger partial charge is 0.268 e. The zero-order valence-corrected chi connectivity index (χ0v) is 41.8. The number of quaternary nitrogens is 1. The number of hydrogen-bond donors (Lipinski definition) is 3. The number of nitrogens with zero attached hydrogens (tertiary/aromatic N) is 1. The fourth-order valence-corrected chi connectivity index (χ4v) is 7.54. The van der Waals surface area contributed by atoms with E-state index in [1.165, 1.54) is 70.6 Å². The molecule has 0 aromatic carbocycles. The summed E-state index contributed by atoms with van der Waals surface area (Å²) in [5.74, 6) is -0.300. The van der Waals surface area contributed by atoms with Gasteiger partial charge >= 0.3 is 0 Å². The zero-order valence-electron chi connectivity index (χ0n) is 40.9. The van der Waals surface area contributed by atoms with Crippen LogP contribution in [0.5, 0.6) is 0 Å². The molecule has 0 bridgehead atoms. The molecule has 9 nitrogen and oxygen atoms in total. The Morgan fingerprint density at radius 2 is 1.03 bits per heavy atom. The maximum Gasteiger partial charge on any atom is 0.268 e. The first-order chi connectivity index (χ1) is 30.4. The molecule has 4 unspecified atom stereocenters. The summed E-state index contributed by atoms with van der Waals surface area (Å²) in [6.07, 6.45) is 56.5. The van der Waals surface area contributed by atoms with E-state index in [0.29, 0.717) is 30.3 Å². The second kappa shape index (κ2) is 43.5. The highest BCUT2D eigenvalue weighted by Crippen LogP contribution is 2.38. The number of aliphatic hydroxyl groups is 2. The Morgan fingerprint density at radius 3 is 1.54 bits per heavy atom. The Hall–Kier alpha value is -2.36. The third-order valence-corrected chi connectivity index (χ3v) is 11.7. The van der Waals surface area contributed by atoms with Gasteiger partial charge < -0.3 is 34.0 Å². The number of amides is 1. The number of nitrogens with one attached hydrogen (secondary N) is 1. The van der Waals surface area contributed by atoms with Crippen molar-refractivity contribution < 1.29 is 38.0 Å². The fraction of sp³-hybridized carbons (Fsp3) is 0.717. The van der Waals surface area contributed by atoms with Crippen LogP contribution in [0.1, 0.15) is 187 Å². The Bertz CT molecular complexity index is 1320. The number of phosphoric acid groups is 1. The van der Waals surface area contributed by atoms with Crippen LogP contribution >= 0.6 is 7.82 Å². The van der Waals surface area contributed by atoms with Gasteiger partial charge in [0.05, 0.1) is 39.9 Å². The van der Waals surface area contributed by atoms with Crippen LogP contribution in [0.25, 0.3) is 0 Å². The zero-order chi connectivity index (χ0) is 46.5. The van der Waals surface area contributed by atoms with Crippen molar-refractivity contribution in [3.05, 3.63) is 85.1 Å². The van der Waals surface area contributed by atoms with Gasteiger partial charge in [0.25, 0.3) is 7.82 Å². The van der Waals surface area contributed by atoms with Crippen molar-refractivity contribution in [1.29, 1.82) is 0 Å². The number of rotatable bonds is 44. The highest BCUT2D eigenvalue weighted by atomic mass is 31.2. The summed E-state index contributed by atoms with van der Waals surface area (Å²) in [5, 5.41) is 24.6. The maximum absolute atomic E-state index is 12.9. The van der Waals surface area contributed by atoms with E-state index in [9.17, 15) is 24.5 Å². The van der Waals surface area contributed by atoms with Crippen molar-refractivity contribution >= 4 is 13.7 Å². The minimum Gasteiger partial charge on any atom is -0.756 e. The van der Waals surface area contributed by atoms with E-state index < -0.39 is 32.7 Å². The molecule has 0 aliphatic carbocycles. The van der Waals surface area contributed by atoms with Gasteiger partial charge in [0, 0.05) is 6.42 Å². The highest BCUT2D eigenvalue weighted by molar-refractivity contribution is 7.45. The minimum absolute atomic E-state index is 0.0538. The highest BCUT2D eigenvalue weighted by Gasteiger charge is 2.29. The molecule has 0 aliphatic heterocycles. The predicted molar refractivity (Wildman–Crippen MR) is 266 cm³/mol. The van der Waals surface area contributed by atoms with Crippen molar-refractivity contribution in [3.63, 3.8) is 0 Å². The first-order valence-corrected chi connectivity index (χ1v) is 26.4. The lowest BCUT2D eigenvalue weighted by Gasteiger charge is -2.31. The molecular formula is C53H95N2O7P. The van der Waals surface area contributed by atoms with Gasteiger partial charge in [-0.1, -0.05) is 169 Å². The molecule has 0 spiro atoms. The maximum atomic E-state index is 12.9. The first kappa shape index (κ1) is 60.6.